The second-order valence-corrected chi connectivity index (χ2v) is 3.66. The van der Waals surface area contributed by atoms with Crippen molar-refractivity contribution in [2.75, 3.05) is 18.9 Å². The van der Waals surface area contributed by atoms with Crippen LogP contribution in [0.4, 0.5) is 5.69 Å². The van der Waals surface area contributed by atoms with Crippen LogP contribution in [0.25, 0.3) is 0 Å². The highest BCUT2D eigenvalue weighted by atomic mass is 16.5. The van der Waals surface area contributed by atoms with E-state index in [1.807, 2.05) is 0 Å². The predicted octanol–water partition coefficient (Wildman–Crippen LogP) is 0.787. The van der Waals surface area contributed by atoms with Crippen molar-refractivity contribution in [1.82, 2.24) is 5.32 Å². The lowest BCUT2D eigenvalue weighted by atomic mass is 10.1. The Morgan fingerprint density at radius 1 is 1.53 bits per heavy atom. The molecule has 1 aliphatic heterocycles. The van der Waals surface area contributed by atoms with Gasteiger partial charge in [0.05, 0.1) is 12.6 Å². The molecule has 1 atom stereocenters. The van der Waals surface area contributed by atoms with Gasteiger partial charge in [-0.3, -0.25) is 4.79 Å². The first-order valence-corrected chi connectivity index (χ1v) is 5.00. The number of amides is 1. The molecule has 1 fully saturated rings. The van der Waals surface area contributed by atoms with Crippen LogP contribution in [0.2, 0.25) is 0 Å². The molecule has 0 radical (unpaired) electrons. The van der Waals surface area contributed by atoms with Gasteiger partial charge in [-0.25, -0.2) is 0 Å². The van der Waals surface area contributed by atoms with E-state index in [9.17, 15) is 4.79 Å². The average Bonchev–Trinajstić information content (AvgIpc) is 2.70. The van der Waals surface area contributed by atoms with Gasteiger partial charge in [0, 0.05) is 17.9 Å². The Kier molecular flexibility index (Phi) is 2.87. The molecule has 0 aromatic heterocycles. The van der Waals surface area contributed by atoms with E-state index in [2.05, 4.69) is 5.32 Å². The molecular formula is C11H14N2O2. The second-order valence-electron chi connectivity index (χ2n) is 3.66. The number of benzene rings is 1. The number of carbonyl (C=O) groups is 1. The van der Waals surface area contributed by atoms with Crippen molar-refractivity contribution < 1.29 is 9.53 Å². The fourth-order valence-corrected chi connectivity index (χ4v) is 1.60. The Balaban J connectivity index is 2.01. The molecule has 1 aromatic carbocycles. The minimum Gasteiger partial charge on any atom is -0.399 e. The van der Waals surface area contributed by atoms with E-state index in [1.165, 1.54) is 0 Å². The number of carbonyl (C=O) groups excluding carboxylic acids is 1. The summed E-state index contributed by atoms with van der Waals surface area (Å²) in [7, 11) is 0. The molecule has 0 bridgehead atoms. The van der Waals surface area contributed by atoms with E-state index < -0.39 is 0 Å². The van der Waals surface area contributed by atoms with Gasteiger partial charge >= 0.3 is 0 Å². The van der Waals surface area contributed by atoms with Gasteiger partial charge in [-0.2, -0.15) is 0 Å². The number of nitrogens with one attached hydrogen (secondary N) is 1. The van der Waals surface area contributed by atoms with Crippen LogP contribution in [-0.4, -0.2) is 25.2 Å². The average molecular weight is 206 g/mol. The van der Waals surface area contributed by atoms with Gasteiger partial charge in [-0.05, 0) is 24.6 Å². The van der Waals surface area contributed by atoms with Gasteiger partial charge in [-0.15, -0.1) is 0 Å². The van der Waals surface area contributed by atoms with Crippen LogP contribution in [0.5, 0.6) is 0 Å². The number of nitrogen functional groups attached to an aromatic ring is 1. The maximum absolute atomic E-state index is 11.7. The number of nitrogens with two attached hydrogens (primary N) is 1. The Hall–Kier alpha value is -1.55. The highest BCUT2D eigenvalue weighted by Gasteiger charge is 2.18. The Morgan fingerprint density at radius 3 is 3.07 bits per heavy atom. The minimum atomic E-state index is -0.0854. The van der Waals surface area contributed by atoms with Gasteiger partial charge in [0.2, 0.25) is 0 Å². The summed E-state index contributed by atoms with van der Waals surface area (Å²) in [5.41, 5.74) is 6.80. The van der Waals surface area contributed by atoms with Crippen molar-refractivity contribution in [1.29, 1.82) is 0 Å². The SMILES string of the molecule is Nc1cccc(C(=O)NC2CCOC2)c1. The number of anilines is 1. The predicted molar refractivity (Wildman–Crippen MR) is 57.5 cm³/mol. The van der Waals surface area contributed by atoms with Gasteiger partial charge in [0.15, 0.2) is 0 Å². The molecule has 0 saturated carbocycles. The first-order chi connectivity index (χ1) is 7.25. The summed E-state index contributed by atoms with van der Waals surface area (Å²) < 4.78 is 5.18. The lowest BCUT2D eigenvalue weighted by molar-refractivity contribution is 0.0930. The van der Waals surface area contributed by atoms with Crippen molar-refractivity contribution >= 4 is 11.6 Å². The zero-order valence-electron chi connectivity index (χ0n) is 8.40. The van der Waals surface area contributed by atoms with Crippen molar-refractivity contribution in [3.63, 3.8) is 0 Å². The zero-order chi connectivity index (χ0) is 10.7. The van der Waals surface area contributed by atoms with E-state index in [0.717, 1.165) is 13.0 Å². The van der Waals surface area contributed by atoms with Gasteiger partial charge in [0.25, 0.3) is 5.91 Å². The molecule has 1 aliphatic rings. The minimum absolute atomic E-state index is 0.0854. The molecule has 4 heteroatoms. The van der Waals surface area contributed by atoms with Crippen LogP contribution in [-0.2, 0) is 4.74 Å². The lowest BCUT2D eigenvalue weighted by Crippen LogP contribution is -2.34. The molecule has 1 saturated heterocycles. The number of hydrogen-bond donors (Lipinski definition) is 2. The van der Waals surface area contributed by atoms with Crippen molar-refractivity contribution in [2.45, 2.75) is 12.5 Å². The monoisotopic (exact) mass is 206 g/mol. The number of ether oxygens (including phenoxy) is 1. The van der Waals surface area contributed by atoms with E-state index in [-0.39, 0.29) is 11.9 Å². The molecule has 80 valence electrons. The van der Waals surface area contributed by atoms with Crippen molar-refractivity contribution in [3.05, 3.63) is 29.8 Å². The zero-order valence-corrected chi connectivity index (χ0v) is 8.40. The third-order valence-corrected chi connectivity index (χ3v) is 2.41. The van der Waals surface area contributed by atoms with E-state index in [1.54, 1.807) is 24.3 Å². The molecular weight excluding hydrogens is 192 g/mol. The third-order valence-electron chi connectivity index (χ3n) is 2.41. The van der Waals surface area contributed by atoms with E-state index >= 15 is 0 Å². The van der Waals surface area contributed by atoms with E-state index in [0.29, 0.717) is 17.9 Å². The smallest absolute Gasteiger partial charge is 0.251 e. The van der Waals surface area contributed by atoms with Gasteiger partial charge in [0.1, 0.15) is 0 Å². The second kappa shape index (κ2) is 4.31. The molecule has 1 amide bonds. The molecule has 0 aliphatic carbocycles. The summed E-state index contributed by atoms with van der Waals surface area (Å²) in [6, 6.07) is 7.09. The van der Waals surface area contributed by atoms with Crippen LogP contribution < -0.4 is 11.1 Å². The molecule has 4 nitrogen and oxygen atoms in total. The fraction of sp³-hybridized carbons (Fsp3) is 0.364. The van der Waals surface area contributed by atoms with Crippen LogP contribution in [0.1, 0.15) is 16.8 Å². The van der Waals surface area contributed by atoms with Crippen molar-refractivity contribution in [3.8, 4) is 0 Å². The molecule has 2 rings (SSSR count). The molecule has 1 heterocycles. The van der Waals surface area contributed by atoms with Gasteiger partial charge in [-0.1, -0.05) is 6.07 Å². The van der Waals surface area contributed by atoms with E-state index in [4.69, 9.17) is 10.5 Å². The number of hydrogen-bond acceptors (Lipinski definition) is 3. The maximum atomic E-state index is 11.7. The Morgan fingerprint density at radius 2 is 2.40 bits per heavy atom. The molecule has 0 spiro atoms. The lowest BCUT2D eigenvalue weighted by Gasteiger charge is -2.10. The Labute approximate surface area is 88.4 Å². The standard InChI is InChI=1S/C11H14N2O2/c12-9-3-1-2-8(6-9)11(14)13-10-4-5-15-7-10/h1-3,6,10H,4-5,7,12H2,(H,13,14). The molecule has 1 unspecified atom stereocenters. The molecule has 1 aromatic rings. The third kappa shape index (κ3) is 2.47. The van der Waals surface area contributed by atoms with Crippen LogP contribution >= 0.6 is 0 Å². The van der Waals surface area contributed by atoms with Crippen molar-refractivity contribution in [2.24, 2.45) is 0 Å². The van der Waals surface area contributed by atoms with Gasteiger partial charge < -0.3 is 15.8 Å². The summed E-state index contributed by atoms with van der Waals surface area (Å²) in [6.45, 7) is 1.33. The molecule has 15 heavy (non-hydrogen) atoms. The largest absolute Gasteiger partial charge is 0.399 e. The van der Waals surface area contributed by atoms with Crippen LogP contribution in [0.3, 0.4) is 0 Å². The first-order valence-electron chi connectivity index (χ1n) is 5.00. The summed E-state index contributed by atoms with van der Waals surface area (Å²) in [5, 5.41) is 2.90. The highest BCUT2D eigenvalue weighted by Crippen LogP contribution is 2.08. The Bertz CT molecular complexity index is 359. The highest BCUT2D eigenvalue weighted by molar-refractivity contribution is 5.95. The summed E-state index contributed by atoms with van der Waals surface area (Å²) in [4.78, 5) is 11.7. The maximum Gasteiger partial charge on any atom is 0.251 e. The summed E-state index contributed by atoms with van der Waals surface area (Å²) >= 11 is 0. The molecule has 3 N–H and O–H groups in total. The number of rotatable bonds is 2. The normalized spacial score (nSPS) is 20.1. The topological polar surface area (TPSA) is 64.4 Å². The summed E-state index contributed by atoms with van der Waals surface area (Å²) in [6.07, 6.45) is 0.883. The quantitative estimate of drug-likeness (QED) is 0.703. The van der Waals surface area contributed by atoms with Crippen LogP contribution in [0.15, 0.2) is 24.3 Å². The fourth-order valence-electron chi connectivity index (χ4n) is 1.60. The summed E-state index contributed by atoms with van der Waals surface area (Å²) in [5.74, 6) is -0.0854. The first kappa shape index (κ1) is 9.98. The van der Waals surface area contributed by atoms with Crippen LogP contribution in [0, 0.1) is 0 Å².